The lowest BCUT2D eigenvalue weighted by Crippen LogP contribution is -2.48. The molecule has 13 heteroatoms. The third-order valence-electron chi connectivity index (χ3n) is 6.56. The number of anilines is 2. The smallest absolute Gasteiger partial charge is 0.246 e. The van der Waals surface area contributed by atoms with Crippen molar-refractivity contribution in [2.45, 2.75) is 13.0 Å². The van der Waals surface area contributed by atoms with Crippen LogP contribution >= 0.6 is 22.9 Å². The van der Waals surface area contributed by atoms with Crippen molar-refractivity contribution < 1.29 is 17.6 Å². The molecule has 1 aromatic carbocycles. The number of fused-ring (bicyclic) bond motifs is 3. The molecule has 0 atom stereocenters. The summed E-state index contributed by atoms with van der Waals surface area (Å²) in [6.45, 7) is 3.89. The average Bonchev–Trinajstić information content (AvgIpc) is 3.25. The maximum atomic E-state index is 13.5. The molecule has 0 saturated carbocycles. The second-order valence-electron chi connectivity index (χ2n) is 9.03. The molecule has 5 rings (SSSR count). The van der Waals surface area contributed by atoms with E-state index < -0.39 is 15.8 Å². The standard InChI is InChI=1S/C24H26ClFN6O3S2/c1-37(34,35)32-11-9-30(10-12-32)7-2-3-21(33)31-8-6-17-20(14-31)36-24-22(17)23(27-15-28-24)29-16-4-5-19(26)18(25)13-16/h2-5,13,15H,6-12,14H2,1H3,(H,27,28,29)/b3-2+. The molecule has 2 aliphatic heterocycles. The second kappa shape index (κ2) is 10.6. The monoisotopic (exact) mass is 564 g/mol. The van der Waals surface area contributed by atoms with E-state index in [4.69, 9.17) is 11.6 Å². The van der Waals surface area contributed by atoms with Crippen LogP contribution < -0.4 is 5.32 Å². The van der Waals surface area contributed by atoms with E-state index in [1.54, 1.807) is 23.5 Å². The summed E-state index contributed by atoms with van der Waals surface area (Å²) < 4.78 is 38.3. The van der Waals surface area contributed by atoms with Crippen molar-refractivity contribution in [3.8, 4) is 0 Å². The van der Waals surface area contributed by atoms with E-state index in [2.05, 4.69) is 20.2 Å². The van der Waals surface area contributed by atoms with Crippen LogP contribution in [0.3, 0.4) is 0 Å². The Morgan fingerprint density at radius 1 is 1.22 bits per heavy atom. The molecule has 37 heavy (non-hydrogen) atoms. The predicted octanol–water partition coefficient (Wildman–Crippen LogP) is 3.25. The quantitative estimate of drug-likeness (QED) is 0.459. The number of carbonyl (C=O) groups excluding carboxylic acids is 1. The lowest BCUT2D eigenvalue weighted by Gasteiger charge is -2.32. The van der Waals surface area contributed by atoms with Crippen molar-refractivity contribution in [2.24, 2.45) is 0 Å². The van der Waals surface area contributed by atoms with Gasteiger partial charge in [0.15, 0.2) is 0 Å². The predicted molar refractivity (Wildman–Crippen MR) is 143 cm³/mol. The molecule has 4 heterocycles. The highest BCUT2D eigenvalue weighted by molar-refractivity contribution is 7.88. The molecule has 0 bridgehead atoms. The topological polar surface area (TPSA) is 98.7 Å². The van der Waals surface area contributed by atoms with Crippen LogP contribution in [-0.2, 0) is 27.8 Å². The number of piperazine rings is 1. The molecule has 0 spiro atoms. The molecule has 1 N–H and O–H groups in total. The fourth-order valence-electron chi connectivity index (χ4n) is 4.57. The highest BCUT2D eigenvalue weighted by Gasteiger charge is 2.26. The van der Waals surface area contributed by atoms with E-state index >= 15 is 0 Å². The summed E-state index contributed by atoms with van der Waals surface area (Å²) in [6.07, 6.45) is 6.84. The number of nitrogens with zero attached hydrogens (tertiary/aromatic N) is 5. The van der Waals surface area contributed by atoms with Gasteiger partial charge in [-0.25, -0.2) is 22.8 Å². The molecule has 1 fully saturated rings. The normalized spacial score (nSPS) is 17.4. The van der Waals surface area contributed by atoms with Gasteiger partial charge in [-0.15, -0.1) is 11.3 Å². The third kappa shape index (κ3) is 5.78. The Hall–Kier alpha value is -2.64. The lowest BCUT2D eigenvalue weighted by molar-refractivity contribution is -0.126. The number of rotatable bonds is 6. The van der Waals surface area contributed by atoms with Crippen LogP contribution in [0.5, 0.6) is 0 Å². The zero-order valence-corrected chi connectivity index (χ0v) is 22.5. The SMILES string of the molecule is CS(=O)(=O)N1CCN(C/C=C/C(=O)N2CCc3c(sc4ncnc(Nc5ccc(F)c(Cl)c5)c34)C2)CC1. The van der Waals surface area contributed by atoms with Gasteiger partial charge in [-0.1, -0.05) is 17.7 Å². The van der Waals surface area contributed by atoms with Crippen LogP contribution in [0.1, 0.15) is 10.4 Å². The Kier molecular flexibility index (Phi) is 7.46. The molecule has 1 saturated heterocycles. The molecule has 1 amide bonds. The van der Waals surface area contributed by atoms with Crippen molar-refractivity contribution in [2.75, 3.05) is 50.8 Å². The van der Waals surface area contributed by atoms with Crippen LogP contribution in [0.2, 0.25) is 5.02 Å². The maximum absolute atomic E-state index is 13.5. The van der Waals surface area contributed by atoms with E-state index in [9.17, 15) is 17.6 Å². The molecule has 3 aromatic rings. The summed E-state index contributed by atoms with van der Waals surface area (Å²) in [7, 11) is -3.16. The first kappa shape index (κ1) is 26.0. The molecule has 0 aliphatic carbocycles. The van der Waals surface area contributed by atoms with E-state index in [1.807, 2.05) is 11.0 Å². The summed E-state index contributed by atoms with van der Waals surface area (Å²) in [5.74, 6) is 0.0883. The largest absolute Gasteiger partial charge is 0.340 e. The number of benzene rings is 1. The van der Waals surface area contributed by atoms with Gasteiger partial charge in [-0.2, -0.15) is 4.31 Å². The Morgan fingerprint density at radius 3 is 2.73 bits per heavy atom. The average molecular weight is 565 g/mol. The van der Waals surface area contributed by atoms with Crippen molar-refractivity contribution >= 4 is 60.6 Å². The minimum Gasteiger partial charge on any atom is -0.340 e. The Bertz CT molecular complexity index is 1470. The molecular formula is C24H26ClFN6O3S2. The zero-order chi connectivity index (χ0) is 26.2. The number of sulfonamides is 1. The van der Waals surface area contributed by atoms with E-state index in [0.717, 1.165) is 20.7 Å². The van der Waals surface area contributed by atoms with Crippen LogP contribution in [0.15, 0.2) is 36.7 Å². The first-order valence-electron chi connectivity index (χ1n) is 11.8. The molecule has 9 nitrogen and oxygen atoms in total. The fraction of sp³-hybridized carbons (Fsp3) is 0.375. The Morgan fingerprint density at radius 2 is 2.00 bits per heavy atom. The van der Waals surface area contributed by atoms with Crippen molar-refractivity contribution in [3.63, 3.8) is 0 Å². The molecular weight excluding hydrogens is 539 g/mol. The molecule has 196 valence electrons. The third-order valence-corrected chi connectivity index (χ3v) is 9.27. The Balaban J connectivity index is 1.23. The summed E-state index contributed by atoms with van der Waals surface area (Å²) in [5.41, 5.74) is 1.75. The first-order valence-corrected chi connectivity index (χ1v) is 14.8. The van der Waals surface area contributed by atoms with Crippen LogP contribution in [-0.4, -0.2) is 83.9 Å². The molecule has 0 radical (unpaired) electrons. The number of nitrogens with one attached hydrogen (secondary N) is 1. The van der Waals surface area contributed by atoms with Gasteiger partial charge in [0.05, 0.1) is 23.2 Å². The van der Waals surface area contributed by atoms with Gasteiger partial charge in [0.25, 0.3) is 0 Å². The minimum absolute atomic E-state index is 0.0287. The highest BCUT2D eigenvalue weighted by Crippen LogP contribution is 2.38. The lowest BCUT2D eigenvalue weighted by atomic mass is 10.0. The number of aromatic nitrogens is 2. The summed E-state index contributed by atoms with van der Waals surface area (Å²) in [6, 6.07) is 4.42. The molecule has 2 aliphatic rings. The molecule has 0 unspecified atom stereocenters. The van der Waals surface area contributed by atoms with Crippen LogP contribution in [0.4, 0.5) is 15.9 Å². The summed E-state index contributed by atoms with van der Waals surface area (Å²) in [4.78, 5) is 27.6. The summed E-state index contributed by atoms with van der Waals surface area (Å²) >= 11 is 7.47. The van der Waals surface area contributed by atoms with Crippen molar-refractivity contribution in [3.05, 3.63) is 58.0 Å². The van der Waals surface area contributed by atoms with Crippen LogP contribution in [0.25, 0.3) is 10.2 Å². The second-order valence-corrected chi connectivity index (χ2v) is 12.5. The highest BCUT2D eigenvalue weighted by atomic mass is 35.5. The van der Waals surface area contributed by atoms with Gasteiger partial charge in [0.1, 0.15) is 22.8 Å². The van der Waals surface area contributed by atoms with Gasteiger partial charge in [0, 0.05) is 55.9 Å². The van der Waals surface area contributed by atoms with Crippen LogP contribution in [0, 0.1) is 5.82 Å². The number of hydrogen-bond donors (Lipinski definition) is 1. The number of amides is 1. The van der Waals surface area contributed by atoms with E-state index in [0.29, 0.717) is 63.7 Å². The number of halogens is 2. The molecule has 2 aromatic heterocycles. The number of hydrogen-bond acceptors (Lipinski definition) is 8. The zero-order valence-electron chi connectivity index (χ0n) is 20.2. The van der Waals surface area contributed by atoms with Crippen molar-refractivity contribution in [1.29, 1.82) is 0 Å². The Labute approximate surface area is 223 Å². The summed E-state index contributed by atoms with van der Waals surface area (Å²) in [5, 5.41) is 4.17. The minimum atomic E-state index is -3.16. The number of thiophene rings is 1. The van der Waals surface area contributed by atoms with E-state index in [1.165, 1.54) is 29.0 Å². The fourth-order valence-corrected chi connectivity index (χ4v) is 6.78. The van der Waals surface area contributed by atoms with E-state index in [-0.39, 0.29) is 10.9 Å². The van der Waals surface area contributed by atoms with Crippen molar-refractivity contribution in [1.82, 2.24) is 24.1 Å². The number of carbonyl (C=O) groups is 1. The van der Waals surface area contributed by atoms with Gasteiger partial charge in [-0.3, -0.25) is 9.69 Å². The first-order chi connectivity index (χ1) is 17.7. The van der Waals surface area contributed by atoms with Gasteiger partial charge < -0.3 is 10.2 Å². The van der Waals surface area contributed by atoms with Gasteiger partial charge >= 0.3 is 0 Å². The maximum Gasteiger partial charge on any atom is 0.246 e. The van der Waals surface area contributed by atoms with Gasteiger partial charge in [0.2, 0.25) is 15.9 Å². The van der Waals surface area contributed by atoms with Gasteiger partial charge in [-0.05, 0) is 30.2 Å².